The maximum absolute atomic E-state index is 12.9. The van der Waals surface area contributed by atoms with Gasteiger partial charge in [-0.2, -0.15) is 0 Å². The van der Waals surface area contributed by atoms with Crippen molar-refractivity contribution < 1.29 is 120 Å². The van der Waals surface area contributed by atoms with Crippen molar-refractivity contribution in [1.82, 2.24) is 0 Å². The zero-order chi connectivity index (χ0) is 57.0. The van der Waals surface area contributed by atoms with E-state index in [2.05, 4.69) is 40.7 Å². The second-order valence-electron chi connectivity index (χ2n) is 26.4. The van der Waals surface area contributed by atoms with Gasteiger partial charge in [0, 0.05) is 10.8 Å². The summed E-state index contributed by atoms with van der Waals surface area (Å²) in [5, 5.41) is 173. The number of hydrogen-bond donors (Lipinski definition) is 16. The minimum absolute atomic E-state index is 0.0647. The number of aliphatic hydroxyl groups is 16. The van der Waals surface area contributed by atoms with Crippen LogP contribution in [0.5, 0.6) is 0 Å². The van der Waals surface area contributed by atoms with Gasteiger partial charge < -0.3 is 120 Å². The first-order valence-corrected chi connectivity index (χ1v) is 28.1. The van der Waals surface area contributed by atoms with E-state index in [9.17, 15) is 81.7 Å². The van der Waals surface area contributed by atoms with Crippen molar-refractivity contribution in [3.05, 3.63) is 11.6 Å². The standard InChI is InChI=1S/C54H90O24/c1-49(2)13-14-54(22-74-48-44(70)40(66)36(62)28(78-48)20-72-46-42(68)38(64)34(60)26(18-56)76-46)24(15-49)23-7-8-30-50(3)11-10-31(57)51(4,29(50)9-12-52(30,5)53(23,6)16-32(54)58)21-73-47-43(69)39(65)35(61)27(77-47)19-71-45-41(67)37(63)33(59)25(17-55)75-45/h7,24-48,55-70H,8-22H2,1-6H3/t24-,25+,26+,27+,28+,29+,30-,31+,32+,33+,34+,35+,36+,37-,38-,39-,40-,41+,42+,43+,44+,45+,46+,47+,48+,50+,51+,52-,53-,54+/m1/s1. The van der Waals surface area contributed by atoms with Crippen LogP contribution < -0.4 is 0 Å². The summed E-state index contributed by atoms with van der Waals surface area (Å²) >= 11 is 0. The van der Waals surface area contributed by atoms with Crippen LogP contribution in [0.15, 0.2) is 11.6 Å². The maximum Gasteiger partial charge on any atom is 0.186 e. The molecule has 5 aliphatic carbocycles. The van der Waals surface area contributed by atoms with Crippen LogP contribution in [0.2, 0.25) is 0 Å². The molecular weight excluding hydrogens is 1030 g/mol. The highest BCUT2D eigenvalue weighted by atomic mass is 16.7. The fraction of sp³-hybridized carbons (Fsp3) is 0.963. The van der Waals surface area contributed by atoms with Gasteiger partial charge >= 0.3 is 0 Å². The SMILES string of the molecule is CC1(C)CC[C@]2(CO[C@H]3O[C@@H](CO[C@H]4O[C@@H](CO)[C@H](O)[C@@H](O)[C@@H]4O)[C@H](O)[C@@H](O)[C@@H]3O)[C@H](C1)C1=CC[C@@H]3[C@@]4(C)CC[C@H](O)[C@@](C)(CO[C@H]5O[C@@H](CO[C@H]6O[C@@H](CO)[C@H](O)[C@@H](O)[C@@H]6O)[C@H](O)[C@@H](O)[C@@H]5O)[C@H]4CC[C@@]3(C)[C@]1(C)C[C@@H]2O. The van der Waals surface area contributed by atoms with E-state index in [0.29, 0.717) is 38.5 Å². The van der Waals surface area contributed by atoms with Crippen molar-refractivity contribution in [3.8, 4) is 0 Å². The molecule has 0 aromatic carbocycles. The van der Waals surface area contributed by atoms with Crippen LogP contribution in [0.25, 0.3) is 0 Å². The average molecular weight is 1120 g/mol. The van der Waals surface area contributed by atoms with E-state index in [-0.39, 0.29) is 47.2 Å². The van der Waals surface area contributed by atoms with Gasteiger partial charge in [0.15, 0.2) is 25.2 Å². The Kier molecular flexibility index (Phi) is 17.8. The Morgan fingerprint density at radius 1 is 0.462 bits per heavy atom. The summed E-state index contributed by atoms with van der Waals surface area (Å²) < 4.78 is 47.0. The van der Waals surface area contributed by atoms with Crippen molar-refractivity contribution in [3.63, 3.8) is 0 Å². The van der Waals surface area contributed by atoms with E-state index in [4.69, 9.17) is 37.9 Å². The summed E-state index contributed by atoms with van der Waals surface area (Å²) in [6.07, 6.45) is -25.3. The van der Waals surface area contributed by atoms with Gasteiger partial charge in [-0.1, -0.05) is 53.2 Å². The average Bonchev–Trinajstić information content (AvgIpc) is 3.60. The predicted octanol–water partition coefficient (Wildman–Crippen LogP) is -3.62. The number of allylic oxidation sites excluding steroid dienone is 2. The molecule has 0 aromatic heterocycles. The van der Waals surface area contributed by atoms with Crippen LogP contribution in [0.4, 0.5) is 0 Å². The van der Waals surface area contributed by atoms with E-state index < -0.39 is 178 Å². The topological polar surface area (TPSA) is 398 Å². The van der Waals surface area contributed by atoms with Crippen molar-refractivity contribution in [2.24, 2.45) is 50.2 Å². The summed E-state index contributed by atoms with van der Waals surface area (Å²) in [6, 6.07) is 0. The minimum atomic E-state index is -1.76. The third kappa shape index (κ3) is 10.2. The Bertz CT molecular complexity index is 2090. The number of ether oxygens (including phenoxy) is 8. The van der Waals surface area contributed by atoms with Crippen LogP contribution in [0.1, 0.15) is 99.3 Å². The van der Waals surface area contributed by atoms with Crippen molar-refractivity contribution in [1.29, 1.82) is 0 Å². The zero-order valence-electron chi connectivity index (χ0n) is 45.5. The van der Waals surface area contributed by atoms with Crippen molar-refractivity contribution >= 4 is 0 Å². The summed E-state index contributed by atoms with van der Waals surface area (Å²) in [6.45, 7) is 10.7. The van der Waals surface area contributed by atoms with Crippen LogP contribution in [0, 0.1) is 50.2 Å². The van der Waals surface area contributed by atoms with Crippen LogP contribution in [-0.4, -0.2) is 256 Å². The molecule has 0 radical (unpaired) electrons. The van der Waals surface area contributed by atoms with E-state index in [1.165, 1.54) is 5.57 Å². The molecule has 4 saturated heterocycles. The van der Waals surface area contributed by atoms with E-state index >= 15 is 0 Å². The minimum Gasteiger partial charge on any atom is -0.394 e. The summed E-state index contributed by atoms with van der Waals surface area (Å²) in [5.41, 5.74) is -1.84. The largest absolute Gasteiger partial charge is 0.394 e. The van der Waals surface area contributed by atoms with Gasteiger partial charge in [-0.05, 0) is 97.2 Å². The second-order valence-corrected chi connectivity index (χ2v) is 26.4. The third-order valence-corrected chi connectivity index (χ3v) is 21.6. The van der Waals surface area contributed by atoms with Gasteiger partial charge in [0.1, 0.15) is 97.7 Å². The monoisotopic (exact) mass is 1120 g/mol. The fourth-order valence-corrected chi connectivity index (χ4v) is 16.4. The van der Waals surface area contributed by atoms with Gasteiger partial charge in [0.25, 0.3) is 0 Å². The molecule has 0 unspecified atom stereocenters. The Morgan fingerprint density at radius 2 is 0.910 bits per heavy atom. The van der Waals surface area contributed by atoms with E-state index in [0.717, 1.165) is 19.3 Å². The van der Waals surface area contributed by atoms with Crippen LogP contribution in [0.3, 0.4) is 0 Å². The van der Waals surface area contributed by atoms with Gasteiger partial charge in [0.05, 0.1) is 51.8 Å². The molecule has 8 fully saturated rings. The Hall–Kier alpha value is -1.22. The molecule has 4 aliphatic heterocycles. The number of fused-ring (bicyclic) bond motifs is 7. The van der Waals surface area contributed by atoms with Crippen LogP contribution >= 0.6 is 0 Å². The number of aliphatic hydroxyl groups excluding tert-OH is 16. The highest BCUT2D eigenvalue weighted by molar-refractivity contribution is 5.35. The Labute approximate surface area is 454 Å². The fourth-order valence-electron chi connectivity index (χ4n) is 16.4. The molecule has 30 atom stereocenters. The lowest BCUT2D eigenvalue weighted by Gasteiger charge is -2.72. The number of hydrogen-bond acceptors (Lipinski definition) is 24. The van der Waals surface area contributed by atoms with Crippen LogP contribution in [-0.2, 0) is 37.9 Å². The molecule has 24 nitrogen and oxygen atoms in total. The first kappa shape index (κ1) is 61.3. The molecule has 0 amide bonds. The lowest BCUT2D eigenvalue weighted by atomic mass is 9.33. The van der Waals surface area contributed by atoms with E-state index in [1.54, 1.807) is 0 Å². The smallest absolute Gasteiger partial charge is 0.186 e. The molecular formula is C54H90O24. The van der Waals surface area contributed by atoms with Gasteiger partial charge in [-0.3, -0.25) is 0 Å². The lowest BCUT2D eigenvalue weighted by Crippen LogP contribution is -2.68. The first-order valence-electron chi connectivity index (χ1n) is 28.1. The van der Waals surface area contributed by atoms with Gasteiger partial charge in [0.2, 0.25) is 0 Å². The molecule has 450 valence electrons. The summed E-state index contributed by atoms with van der Waals surface area (Å²) in [5.74, 6) is -0.201. The first-order chi connectivity index (χ1) is 36.5. The van der Waals surface area contributed by atoms with E-state index in [1.807, 2.05) is 6.92 Å². The van der Waals surface area contributed by atoms with Gasteiger partial charge in [-0.15, -0.1) is 0 Å². The molecule has 9 rings (SSSR count). The molecule has 4 saturated carbocycles. The molecule has 24 heteroatoms. The molecule has 4 heterocycles. The maximum atomic E-state index is 12.9. The second kappa shape index (κ2) is 22.7. The molecule has 9 aliphatic rings. The molecule has 78 heavy (non-hydrogen) atoms. The highest BCUT2D eigenvalue weighted by Crippen LogP contribution is 2.76. The number of rotatable bonds is 14. The lowest BCUT2D eigenvalue weighted by molar-refractivity contribution is -0.337. The third-order valence-electron chi connectivity index (χ3n) is 21.6. The molecule has 0 aromatic rings. The molecule has 0 bridgehead atoms. The van der Waals surface area contributed by atoms with Crippen molar-refractivity contribution in [2.45, 2.75) is 234 Å². The quantitative estimate of drug-likeness (QED) is 0.0747. The molecule has 0 spiro atoms. The summed E-state index contributed by atoms with van der Waals surface area (Å²) in [7, 11) is 0. The highest BCUT2D eigenvalue weighted by Gasteiger charge is 2.71. The van der Waals surface area contributed by atoms with Crippen molar-refractivity contribution in [2.75, 3.05) is 39.6 Å². The van der Waals surface area contributed by atoms with Gasteiger partial charge in [-0.25, -0.2) is 0 Å². The summed E-state index contributed by atoms with van der Waals surface area (Å²) in [4.78, 5) is 0. The Balaban J connectivity index is 0.905. The zero-order valence-corrected chi connectivity index (χ0v) is 45.5. The predicted molar refractivity (Wildman–Crippen MR) is 265 cm³/mol. The Morgan fingerprint density at radius 3 is 1.40 bits per heavy atom. The normalized spacial score (nSPS) is 55.2. The molecule has 16 N–H and O–H groups in total.